The summed E-state index contributed by atoms with van der Waals surface area (Å²) in [5, 5.41) is 6.36. The number of ether oxygens (including phenoxy) is 2. The van der Waals surface area contributed by atoms with Gasteiger partial charge in [0.2, 0.25) is 5.91 Å². The van der Waals surface area contributed by atoms with E-state index in [4.69, 9.17) is 14.5 Å². The van der Waals surface area contributed by atoms with Gasteiger partial charge in [-0.3, -0.25) is 14.7 Å². The second-order valence-corrected chi connectivity index (χ2v) is 7.66. The monoisotopic (exact) mass is 511 g/mol. The van der Waals surface area contributed by atoms with Crippen LogP contribution in [-0.2, 0) is 14.3 Å². The lowest BCUT2D eigenvalue weighted by Crippen LogP contribution is -2.54. The number of amides is 1. The molecule has 1 amide bonds. The van der Waals surface area contributed by atoms with Crippen molar-refractivity contribution in [2.75, 3.05) is 66.1 Å². The van der Waals surface area contributed by atoms with Gasteiger partial charge in [0, 0.05) is 71.9 Å². The molecule has 0 unspecified atom stereocenters. The number of rotatable bonds is 7. The highest BCUT2D eigenvalue weighted by Crippen LogP contribution is 2.24. The zero-order chi connectivity index (χ0) is 19.7. The van der Waals surface area contributed by atoms with E-state index in [1.807, 2.05) is 13.8 Å². The van der Waals surface area contributed by atoms with Crippen molar-refractivity contribution in [1.29, 1.82) is 0 Å². The Morgan fingerprint density at radius 1 is 1.21 bits per heavy atom. The van der Waals surface area contributed by atoms with E-state index in [0.29, 0.717) is 13.1 Å². The first kappa shape index (κ1) is 25.4. The number of nitrogens with one attached hydrogen (secondary N) is 2. The maximum absolute atomic E-state index is 12.0. The second kappa shape index (κ2) is 12.8. The Hall–Kier alpha value is -0.650. The standard InChI is InChI=1S/C19H37N5O3.HI/c1-5-20-18(21-15-19(26-4)6-12-27-13-7-19)24-10-8-23(9-11-24)14-17(25)22-16(2)3;/h16H,5-15H2,1-4H3,(H,20,21)(H,22,25);1H. The number of methoxy groups -OCH3 is 1. The van der Waals surface area contributed by atoms with Gasteiger partial charge in [0.1, 0.15) is 0 Å². The van der Waals surface area contributed by atoms with Crippen LogP contribution in [0.4, 0.5) is 0 Å². The third kappa shape index (κ3) is 8.00. The Bertz CT molecular complexity index is 490. The van der Waals surface area contributed by atoms with Crippen molar-refractivity contribution in [3.63, 3.8) is 0 Å². The number of hydrogen-bond donors (Lipinski definition) is 2. The molecule has 0 atom stereocenters. The molecule has 2 rings (SSSR count). The Morgan fingerprint density at radius 2 is 1.86 bits per heavy atom. The molecule has 2 fully saturated rings. The minimum absolute atomic E-state index is 0. The van der Waals surface area contributed by atoms with Gasteiger partial charge < -0.3 is 25.0 Å². The molecule has 0 saturated carbocycles. The van der Waals surface area contributed by atoms with Crippen molar-refractivity contribution in [2.45, 2.75) is 45.3 Å². The number of hydrogen-bond acceptors (Lipinski definition) is 5. The first-order valence-electron chi connectivity index (χ1n) is 10.2. The molecule has 9 heteroatoms. The summed E-state index contributed by atoms with van der Waals surface area (Å²) in [4.78, 5) is 21.3. The van der Waals surface area contributed by atoms with Crippen LogP contribution in [0.1, 0.15) is 33.6 Å². The first-order chi connectivity index (χ1) is 13.0. The number of guanidine groups is 1. The molecular weight excluding hydrogens is 473 g/mol. The molecule has 8 nitrogen and oxygen atoms in total. The molecule has 0 spiro atoms. The molecule has 2 aliphatic heterocycles. The fraction of sp³-hybridized carbons (Fsp3) is 0.895. The van der Waals surface area contributed by atoms with E-state index < -0.39 is 0 Å². The van der Waals surface area contributed by atoms with Crippen LogP contribution in [-0.4, -0.2) is 99.4 Å². The summed E-state index contributed by atoms with van der Waals surface area (Å²) in [7, 11) is 1.77. The number of halogens is 1. The summed E-state index contributed by atoms with van der Waals surface area (Å²) >= 11 is 0. The summed E-state index contributed by atoms with van der Waals surface area (Å²) in [6.07, 6.45) is 1.76. The summed E-state index contributed by atoms with van der Waals surface area (Å²) < 4.78 is 11.3. The van der Waals surface area contributed by atoms with Gasteiger partial charge in [-0.2, -0.15) is 0 Å². The molecule has 2 saturated heterocycles. The fourth-order valence-electron chi connectivity index (χ4n) is 3.50. The number of piperazine rings is 1. The Labute approximate surface area is 186 Å². The SMILES string of the molecule is CCNC(=NCC1(OC)CCOCC1)N1CCN(CC(=O)NC(C)C)CC1.I. The Morgan fingerprint density at radius 3 is 2.39 bits per heavy atom. The lowest BCUT2D eigenvalue weighted by Gasteiger charge is -2.38. The highest BCUT2D eigenvalue weighted by molar-refractivity contribution is 14.0. The number of aliphatic imine (C=N–C) groups is 1. The van der Waals surface area contributed by atoms with Gasteiger partial charge in [0.25, 0.3) is 0 Å². The van der Waals surface area contributed by atoms with Crippen molar-refractivity contribution in [2.24, 2.45) is 4.99 Å². The Balaban J connectivity index is 0.00000392. The first-order valence-corrected chi connectivity index (χ1v) is 10.2. The van der Waals surface area contributed by atoms with Gasteiger partial charge >= 0.3 is 0 Å². The van der Waals surface area contributed by atoms with Crippen molar-refractivity contribution in [3.05, 3.63) is 0 Å². The fourth-order valence-corrected chi connectivity index (χ4v) is 3.50. The molecule has 28 heavy (non-hydrogen) atoms. The molecule has 0 aromatic carbocycles. The van der Waals surface area contributed by atoms with Gasteiger partial charge in [-0.15, -0.1) is 24.0 Å². The van der Waals surface area contributed by atoms with Crippen molar-refractivity contribution < 1.29 is 14.3 Å². The average molecular weight is 511 g/mol. The van der Waals surface area contributed by atoms with Gasteiger partial charge in [-0.25, -0.2) is 0 Å². The van der Waals surface area contributed by atoms with Crippen LogP contribution in [0, 0.1) is 0 Å². The third-order valence-corrected chi connectivity index (χ3v) is 5.18. The van der Waals surface area contributed by atoms with Crippen LogP contribution in [0.2, 0.25) is 0 Å². The summed E-state index contributed by atoms with van der Waals surface area (Å²) in [5.41, 5.74) is -0.213. The van der Waals surface area contributed by atoms with E-state index in [9.17, 15) is 4.79 Å². The number of carbonyl (C=O) groups is 1. The smallest absolute Gasteiger partial charge is 0.234 e. The largest absolute Gasteiger partial charge is 0.381 e. The average Bonchev–Trinajstić information content (AvgIpc) is 2.66. The Kier molecular flexibility index (Phi) is 11.6. The van der Waals surface area contributed by atoms with E-state index in [-0.39, 0.29) is 41.5 Å². The van der Waals surface area contributed by atoms with Crippen LogP contribution in [0.5, 0.6) is 0 Å². The highest BCUT2D eigenvalue weighted by Gasteiger charge is 2.33. The zero-order valence-electron chi connectivity index (χ0n) is 17.8. The molecule has 164 valence electrons. The van der Waals surface area contributed by atoms with Crippen LogP contribution in [0.15, 0.2) is 4.99 Å². The molecule has 2 heterocycles. The van der Waals surface area contributed by atoms with Gasteiger partial charge in [0.05, 0.1) is 18.7 Å². The van der Waals surface area contributed by atoms with Crippen LogP contribution in [0.3, 0.4) is 0 Å². The zero-order valence-corrected chi connectivity index (χ0v) is 20.2. The van der Waals surface area contributed by atoms with Gasteiger partial charge in [-0.1, -0.05) is 0 Å². The van der Waals surface area contributed by atoms with Crippen LogP contribution in [0.25, 0.3) is 0 Å². The minimum Gasteiger partial charge on any atom is -0.381 e. The maximum atomic E-state index is 12.0. The summed E-state index contributed by atoms with van der Waals surface area (Å²) in [6, 6.07) is 0.185. The summed E-state index contributed by atoms with van der Waals surface area (Å²) in [6.45, 7) is 12.9. The third-order valence-electron chi connectivity index (χ3n) is 5.18. The molecule has 0 bridgehead atoms. The number of carbonyl (C=O) groups excluding carboxylic acids is 1. The van der Waals surface area contributed by atoms with Crippen molar-refractivity contribution in [3.8, 4) is 0 Å². The van der Waals surface area contributed by atoms with Crippen molar-refractivity contribution in [1.82, 2.24) is 20.4 Å². The topological polar surface area (TPSA) is 78.4 Å². The molecular formula is C19H38IN5O3. The number of nitrogens with zero attached hydrogens (tertiary/aromatic N) is 3. The van der Waals surface area contributed by atoms with E-state index in [1.54, 1.807) is 7.11 Å². The summed E-state index contributed by atoms with van der Waals surface area (Å²) in [5.74, 6) is 1.03. The predicted molar refractivity (Wildman–Crippen MR) is 122 cm³/mol. The van der Waals surface area contributed by atoms with E-state index in [2.05, 4.69) is 27.4 Å². The normalized spacial score (nSPS) is 20.6. The molecule has 0 aromatic heterocycles. The molecule has 2 aliphatic rings. The van der Waals surface area contributed by atoms with Crippen LogP contribution >= 0.6 is 24.0 Å². The van der Waals surface area contributed by atoms with Crippen LogP contribution < -0.4 is 10.6 Å². The lowest BCUT2D eigenvalue weighted by molar-refractivity contribution is -0.123. The van der Waals surface area contributed by atoms with E-state index in [1.165, 1.54) is 0 Å². The minimum atomic E-state index is -0.213. The molecule has 0 aromatic rings. The predicted octanol–water partition coefficient (Wildman–Crippen LogP) is 0.908. The quantitative estimate of drug-likeness (QED) is 0.301. The molecule has 0 radical (unpaired) electrons. The lowest BCUT2D eigenvalue weighted by atomic mass is 9.94. The highest BCUT2D eigenvalue weighted by atomic mass is 127. The van der Waals surface area contributed by atoms with E-state index >= 15 is 0 Å². The van der Waals surface area contributed by atoms with Gasteiger partial charge in [-0.05, 0) is 20.8 Å². The maximum Gasteiger partial charge on any atom is 0.234 e. The van der Waals surface area contributed by atoms with E-state index in [0.717, 1.165) is 64.7 Å². The second-order valence-electron chi connectivity index (χ2n) is 7.66. The molecule has 0 aliphatic carbocycles. The molecule has 2 N–H and O–H groups in total. The van der Waals surface area contributed by atoms with Crippen molar-refractivity contribution >= 4 is 35.8 Å². The van der Waals surface area contributed by atoms with Gasteiger partial charge in [0.15, 0.2) is 5.96 Å².